The first-order valence-electron chi connectivity index (χ1n) is 9.71. The van der Waals surface area contributed by atoms with Crippen molar-refractivity contribution in [1.82, 2.24) is 0 Å². The summed E-state index contributed by atoms with van der Waals surface area (Å²) < 4.78 is 5.64. The Kier molecular flexibility index (Phi) is 7.71. The van der Waals surface area contributed by atoms with Gasteiger partial charge in [0.25, 0.3) is 0 Å². The van der Waals surface area contributed by atoms with Crippen molar-refractivity contribution in [2.45, 2.75) is 66.2 Å². The molecule has 2 aromatic carbocycles. The average Bonchev–Trinajstić information content (AvgIpc) is 2.62. The van der Waals surface area contributed by atoms with Crippen LogP contribution < -0.4 is 10.1 Å². The fraction of sp³-hybridized carbons (Fsp3) is 0.435. The van der Waals surface area contributed by atoms with Crippen molar-refractivity contribution < 1.29 is 9.53 Å². The predicted molar refractivity (Wildman–Crippen MR) is 109 cm³/mol. The Morgan fingerprint density at radius 2 is 1.69 bits per heavy atom. The van der Waals surface area contributed by atoms with Gasteiger partial charge in [0.1, 0.15) is 5.75 Å². The smallest absolute Gasteiger partial charge is 0.410 e. The summed E-state index contributed by atoms with van der Waals surface area (Å²) in [6, 6.07) is 12.2. The predicted octanol–water partition coefficient (Wildman–Crippen LogP) is 6.60. The summed E-state index contributed by atoms with van der Waals surface area (Å²) in [5.41, 5.74) is 5.43. The zero-order chi connectivity index (χ0) is 18.9. The zero-order valence-corrected chi connectivity index (χ0v) is 16.5. The molecule has 0 radical (unpaired) electrons. The van der Waals surface area contributed by atoms with E-state index in [0.29, 0.717) is 5.75 Å². The minimum atomic E-state index is -0.434. The molecule has 0 unspecified atom stereocenters. The Labute approximate surface area is 157 Å². The van der Waals surface area contributed by atoms with Crippen LogP contribution in [0.1, 0.15) is 61.8 Å². The van der Waals surface area contributed by atoms with Crippen molar-refractivity contribution in [3.05, 3.63) is 58.7 Å². The Morgan fingerprint density at radius 3 is 2.38 bits per heavy atom. The van der Waals surface area contributed by atoms with Crippen molar-refractivity contribution >= 4 is 11.8 Å². The zero-order valence-electron chi connectivity index (χ0n) is 16.5. The molecule has 2 aromatic rings. The van der Waals surface area contributed by atoms with Crippen molar-refractivity contribution in [1.29, 1.82) is 0 Å². The molecule has 0 fully saturated rings. The Hall–Kier alpha value is -2.29. The van der Waals surface area contributed by atoms with Crippen LogP contribution in [0.4, 0.5) is 10.5 Å². The molecule has 0 aliphatic rings. The number of unbranched alkanes of at least 4 members (excludes halogenated alkanes) is 2. The van der Waals surface area contributed by atoms with Gasteiger partial charge in [0.2, 0.25) is 0 Å². The highest BCUT2D eigenvalue weighted by Crippen LogP contribution is 2.24. The first-order chi connectivity index (χ1) is 12.5. The van der Waals surface area contributed by atoms with Gasteiger partial charge in [0.05, 0.1) is 0 Å². The molecule has 0 aromatic heterocycles. The van der Waals surface area contributed by atoms with Crippen LogP contribution in [0.5, 0.6) is 5.75 Å². The quantitative estimate of drug-likeness (QED) is 0.580. The number of anilines is 1. The Balaban J connectivity index is 2.11. The maximum Gasteiger partial charge on any atom is 0.417 e. The van der Waals surface area contributed by atoms with Crippen LogP contribution in [0.15, 0.2) is 36.4 Å². The van der Waals surface area contributed by atoms with Gasteiger partial charge in [-0.3, -0.25) is 5.32 Å². The fourth-order valence-corrected chi connectivity index (χ4v) is 3.02. The van der Waals surface area contributed by atoms with E-state index in [1.54, 1.807) is 0 Å². The first-order valence-corrected chi connectivity index (χ1v) is 9.71. The standard InChI is InChI=1S/C23H31NO2/c1-5-7-9-19-12-14-22(20(16-19)10-8-6-2)26-23(25)24-21-13-11-17(3)15-18(21)4/h11-16H,5-10H2,1-4H3,(H,24,25). The van der Waals surface area contributed by atoms with Gasteiger partial charge in [0, 0.05) is 5.69 Å². The maximum atomic E-state index is 12.4. The monoisotopic (exact) mass is 353 g/mol. The van der Waals surface area contributed by atoms with Crippen LogP contribution in [-0.2, 0) is 12.8 Å². The molecule has 0 aliphatic carbocycles. The van der Waals surface area contributed by atoms with Gasteiger partial charge >= 0.3 is 6.09 Å². The molecule has 3 nitrogen and oxygen atoms in total. The van der Waals surface area contributed by atoms with Gasteiger partial charge < -0.3 is 4.74 Å². The largest absolute Gasteiger partial charge is 0.417 e. The SMILES string of the molecule is CCCCc1ccc(OC(=O)Nc2ccc(C)cc2C)c(CCCC)c1. The van der Waals surface area contributed by atoms with E-state index in [9.17, 15) is 4.79 Å². The normalized spacial score (nSPS) is 10.6. The lowest BCUT2D eigenvalue weighted by molar-refractivity contribution is 0.214. The highest BCUT2D eigenvalue weighted by Gasteiger charge is 2.11. The number of aryl methyl sites for hydroxylation is 4. The second kappa shape index (κ2) is 10.0. The minimum absolute atomic E-state index is 0.434. The van der Waals surface area contributed by atoms with E-state index < -0.39 is 6.09 Å². The van der Waals surface area contributed by atoms with Gasteiger partial charge in [-0.2, -0.15) is 0 Å². The summed E-state index contributed by atoms with van der Waals surface area (Å²) in [4.78, 5) is 12.4. The molecule has 0 atom stereocenters. The molecule has 140 valence electrons. The average molecular weight is 354 g/mol. The lowest BCUT2D eigenvalue weighted by Crippen LogP contribution is -2.18. The van der Waals surface area contributed by atoms with E-state index in [0.717, 1.165) is 42.5 Å². The summed E-state index contributed by atoms with van der Waals surface area (Å²) >= 11 is 0. The van der Waals surface area contributed by atoms with Gasteiger partial charge in [-0.1, -0.05) is 56.5 Å². The number of rotatable bonds is 8. The molecule has 1 amide bonds. The topological polar surface area (TPSA) is 38.3 Å². The number of nitrogens with one attached hydrogen (secondary N) is 1. The second-order valence-electron chi connectivity index (χ2n) is 6.98. The number of hydrogen-bond acceptors (Lipinski definition) is 2. The van der Waals surface area contributed by atoms with E-state index in [1.807, 2.05) is 38.1 Å². The molecule has 0 aliphatic heterocycles. The van der Waals surface area contributed by atoms with E-state index >= 15 is 0 Å². The molecule has 0 saturated carbocycles. The third-order valence-corrected chi connectivity index (χ3v) is 4.56. The van der Waals surface area contributed by atoms with Gasteiger partial charge in [-0.05, 0) is 68.4 Å². The number of benzene rings is 2. The first kappa shape index (κ1) is 20.0. The molecular weight excluding hydrogens is 322 g/mol. The lowest BCUT2D eigenvalue weighted by Gasteiger charge is -2.14. The van der Waals surface area contributed by atoms with E-state index in [1.165, 1.54) is 24.0 Å². The van der Waals surface area contributed by atoms with Crippen LogP contribution in [0.25, 0.3) is 0 Å². The number of carbonyl (C=O) groups excluding carboxylic acids is 1. The Morgan fingerprint density at radius 1 is 0.962 bits per heavy atom. The number of carbonyl (C=O) groups is 1. The summed E-state index contributed by atoms with van der Waals surface area (Å²) in [6.07, 6.45) is 6.14. The molecule has 0 saturated heterocycles. The molecule has 26 heavy (non-hydrogen) atoms. The summed E-state index contributed by atoms with van der Waals surface area (Å²) in [5, 5.41) is 2.86. The van der Waals surface area contributed by atoms with E-state index in [-0.39, 0.29) is 0 Å². The molecule has 3 heteroatoms. The molecule has 2 rings (SSSR count). The van der Waals surface area contributed by atoms with Crippen LogP contribution >= 0.6 is 0 Å². The van der Waals surface area contributed by atoms with Crippen LogP contribution in [-0.4, -0.2) is 6.09 Å². The molecular formula is C23H31NO2. The highest BCUT2D eigenvalue weighted by molar-refractivity contribution is 5.87. The van der Waals surface area contributed by atoms with Crippen LogP contribution in [0.2, 0.25) is 0 Å². The summed E-state index contributed by atoms with van der Waals surface area (Å²) in [6.45, 7) is 8.40. The third-order valence-electron chi connectivity index (χ3n) is 4.56. The number of hydrogen-bond donors (Lipinski definition) is 1. The second-order valence-corrected chi connectivity index (χ2v) is 6.98. The fourth-order valence-electron chi connectivity index (χ4n) is 3.02. The van der Waals surface area contributed by atoms with Crippen molar-refractivity contribution in [3.63, 3.8) is 0 Å². The molecule has 1 N–H and O–H groups in total. The number of amides is 1. The summed E-state index contributed by atoms with van der Waals surface area (Å²) in [5.74, 6) is 0.668. The molecule has 0 bridgehead atoms. The van der Waals surface area contributed by atoms with Gasteiger partial charge in [-0.25, -0.2) is 4.79 Å². The van der Waals surface area contributed by atoms with Gasteiger partial charge in [-0.15, -0.1) is 0 Å². The molecule has 0 spiro atoms. The van der Waals surface area contributed by atoms with Crippen molar-refractivity contribution in [2.24, 2.45) is 0 Å². The third kappa shape index (κ3) is 5.91. The highest BCUT2D eigenvalue weighted by atomic mass is 16.6. The van der Waals surface area contributed by atoms with Crippen molar-refractivity contribution in [2.75, 3.05) is 5.32 Å². The van der Waals surface area contributed by atoms with E-state index in [2.05, 4.69) is 31.3 Å². The van der Waals surface area contributed by atoms with Crippen LogP contribution in [0.3, 0.4) is 0 Å². The van der Waals surface area contributed by atoms with E-state index in [4.69, 9.17) is 4.74 Å². The van der Waals surface area contributed by atoms with Crippen LogP contribution in [0, 0.1) is 13.8 Å². The molecule has 0 heterocycles. The van der Waals surface area contributed by atoms with Gasteiger partial charge in [0.15, 0.2) is 0 Å². The minimum Gasteiger partial charge on any atom is -0.410 e. The van der Waals surface area contributed by atoms with Crippen molar-refractivity contribution in [3.8, 4) is 5.75 Å². The summed E-state index contributed by atoms with van der Waals surface area (Å²) in [7, 11) is 0. The maximum absolute atomic E-state index is 12.4. The lowest BCUT2D eigenvalue weighted by atomic mass is 10.0. The Bertz CT molecular complexity index is 737. The number of ether oxygens (including phenoxy) is 1.